The molecule has 0 atom stereocenters. The SMILES string of the molecule is CON(C)C(=O)CCCN=C([O-])OC(C)(C)C. The molecule has 0 N–H and O–H groups in total. The zero-order valence-corrected chi connectivity index (χ0v) is 11.1. The Labute approximate surface area is 102 Å². The molecule has 0 aromatic carbocycles. The predicted molar refractivity (Wildman–Crippen MR) is 62.2 cm³/mol. The van der Waals surface area contributed by atoms with Gasteiger partial charge in [0.1, 0.15) is 6.08 Å². The summed E-state index contributed by atoms with van der Waals surface area (Å²) >= 11 is 0. The van der Waals surface area contributed by atoms with Crippen molar-refractivity contribution in [3.8, 4) is 0 Å². The molecule has 0 aliphatic carbocycles. The molecule has 0 saturated heterocycles. The summed E-state index contributed by atoms with van der Waals surface area (Å²) in [6.07, 6.45) is 0.188. The van der Waals surface area contributed by atoms with Crippen molar-refractivity contribution < 1.29 is 19.5 Å². The molecule has 0 heterocycles. The summed E-state index contributed by atoms with van der Waals surface area (Å²) in [5, 5.41) is 12.3. The molecular weight excluding hydrogens is 224 g/mol. The van der Waals surface area contributed by atoms with Crippen LogP contribution in [0.5, 0.6) is 0 Å². The number of carbonyl (C=O) groups excluding carboxylic acids is 1. The van der Waals surface area contributed by atoms with Gasteiger partial charge in [-0.3, -0.25) is 14.6 Å². The standard InChI is InChI=1S/C11H22N2O4/c1-11(2,3)17-10(15)12-8-6-7-9(14)13(4)16-5/h6-8H2,1-5H3,(H,12,15)/p-1. The van der Waals surface area contributed by atoms with E-state index in [0.29, 0.717) is 6.42 Å². The van der Waals surface area contributed by atoms with Gasteiger partial charge in [-0.2, -0.15) is 0 Å². The van der Waals surface area contributed by atoms with E-state index in [2.05, 4.69) is 4.99 Å². The lowest BCUT2D eigenvalue weighted by molar-refractivity contribution is -0.260. The van der Waals surface area contributed by atoms with Crippen molar-refractivity contribution in [2.45, 2.75) is 39.2 Å². The highest BCUT2D eigenvalue weighted by atomic mass is 16.7. The van der Waals surface area contributed by atoms with E-state index in [9.17, 15) is 9.90 Å². The molecule has 0 aromatic rings. The van der Waals surface area contributed by atoms with Gasteiger partial charge < -0.3 is 9.84 Å². The predicted octanol–water partition coefficient (Wildman–Crippen LogP) is 0.318. The van der Waals surface area contributed by atoms with Gasteiger partial charge in [-0.15, -0.1) is 0 Å². The Morgan fingerprint density at radius 2 is 2.00 bits per heavy atom. The van der Waals surface area contributed by atoms with Crippen LogP contribution in [0, 0.1) is 0 Å². The molecule has 0 aliphatic rings. The Balaban J connectivity index is 3.84. The first-order chi connectivity index (χ1) is 7.76. The number of hydrogen-bond acceptors (Lipinski definition) is 5. The molecule has 1 amide bonds. The number of hydroxylamine groups is 2. The molecule has 17 heavy (non-hydrogen) atoms. The van der Waals surface area contributed by atoms with Crippen LogP contribution in [0.1, 0.15) is 33.6 Å². The van der Waals surface area contributed by atoms with Crippen LogP contribution in [0.2, 0.25) is 0 Å². The van der Waals surface area contributed by atoms with E-state index in [1.807, 2.05) is 0 Å². The van der Waals surface area contributed by atoms with E-state index in [1.165, 1.54) is 14.2 Å². The number of aliphatic imine (C=N–C) groups is 1. The monoisotopic (exact) mass is 245 g/mol. The third kappa shape index (κ3) is 8.50. The summed E-state index contributed by atoms with van der Waals surface area (Å²) in [7, 11) is 2.95. The first-order valence-corrected chi connectivity index (χ1v) is 5.47. The maximum absolute atomic E-state index is 11.3. The van der Waals surface area contributed by atoms with Gasteiger partial charge in [-0.05, 0) is 6.42 Å². The number of ether oxygens (including phenoxy) is 1. The average molecular weight is 245 g/mol. The van der Waals surface area contributed by atoms with Crippen molar-refractivity contribution >= 4 is 12.0 Å². The summed E-state index contributed by atoms with van der Waals surface area (Å²) in [5.74, 6) is -0.146. The number of nitrogens with zero attached hydrogens (tertiary/aromatic N) is 2. The normalized spacial score (nSPS) is 12.4. The second kappa shape index (κ2) is 7.11. The molecule has 0 aromatic heterocycles. The maximum atomic E-state index is 11.3. The molecule has 0 spiro atoms. The Bertz CT molecular complexity index is 271. The minimum absolute atomic E-state index is 0.146. The summed E-state index contributed by atoms with van der Waals surface area (Å²) < 4.78 is 4.99. The lowest BCUT2D eigenvalue weighted by Crippen LogP contribution is -2.32. The van der Waals surface area contributed by atoms with Crippen LogP contribution in [0.4, 0.5) is 0 Å². The fourth-order valence-corrected chi connectivity index (χ4v) is 0.954. The summed E-state index contributed by atoms with van der Waals surface area (Å²) in [6.45, 7) is 5.60. The largest absolute Gasteiger partial charge is 0.595 e. The highest BCUT2D eigenvalue weighted by Crippen LogP contribution is 2.06. The quantitative estimate of drug-likeness (QED) is 0.302. The molecule has 6 heteroatoms. The summed E-state index contributed by atoms with van der Waals surface area (Å²) in [5.41, 5.74) is -0.535. The molecular formula is C11H21N2O4-. The van der Waals surface area contributed by atoms with Crippen LogP contribution < -0.4 is 5.11 Å². The molecule has 0 bridgehead atoms. The minimum Gasteiger partial charge on any atom is -0.595 e. The van der Waals surface area contributed by atoms with Crippen molar-refractivity contribution in [2.24, 2.45) is 4.99 Å². The van der Waals surface area contributed by atoms with E-state index in [0.717, 1.165) is 5.06 Å². The Kier molecular flexibility index (Phi) is 6.57. The number of hydrogen-bond donors (Lipinski definition) is 0. The summed E-state index contributed by atoms with van der Waals surface area (Å²) in [4.78, 5) is 19.7. The molecule has 0 aliphatic heterocycles. The fraction of sp³-hybridized carbons (Fsp3) is 0.818. The zero-order valence-electron chi connectivity index (χ0n) is 11.1. The number of rotatable bonds is 5. The molecule has 100 valence electrons. The highest BCUT2D eigenvalue weighted by molar-refractivity contribution is 5.74. The molecule has 0 fully saturated rings. The van der Waals surface area contributed by atoms with Crippen LogP contribution in [0.15, 0.2) is 4.99 Å². The van der Waals surface area contributed by atoms with Gasteiger partial charge in [0, 0.05) is 25.6 Å². The lowest BCUT2D eigenvalue weighted by atomic mass is 10.2. The third-order valence-electron chi connectivity index (χ3n) is 1.81. The molecule has 0 unspecified atom stereocenters. The second-order valence-electron chi connectivity index (χ2n) is 4.54. The van der Waals surface area contributed by atoms with Crippen LogP contribution in [0.3, 0.4) is 0 Å². The molecule has 0 saturated carbocycles. The van der Waals surface area contributed by atoms with E-state index in [-0.39, 0.29) is 18.9 Å². The van der Waals surface area contributed by atoms with Crippen molar-refractivity contribution in [1.82, 2.24) is 5.06 Å². The van der Waals surface area contributed by atoms with Crippen molar-refractivity contribution in [2.75, 3.05) is 20.7 Å². The Hall–Kier alpha value is -1.30. The van der Waals surface area contributed by atoms with Gasteiger partial charge in [0.05, 0.1) is 7.11 Å². The topological polar surface area (TPSA) is 74.2 Å². The Morgan fingerprint density at radius 1 is 1.41 bits per heavy atom. The van der Waals surface area contributed by atoms with Crippen LogP contribution >= 0.6 is 0 Å². The van der Waals surface area contributed by atoms with Crippen molar-refractivity contribution in [3.05, 3.63) is 0 Å². The van der Waals surface area contributed by atoms with Crippen molar-refractivity contribution in [3.63, 3.8) is 0 Å². The van der Waals surface area contributed by atoms with E-state index in [1.54, 1.807) is 20.8 Å². The fourth-order valence-electron chi connectivity index (χ4n) is 0.954. The lowest BCUT2D eigenvalue weighted by Gasteiger charge is -2.29. The molecule has 0 rings (SSSR count). The third-order valence-corrected chi connectivity index (χ3v) is 1.81. The number of amides is 1. The van der Waals surface area contributed by atoms with Gasteiger partial charge in [0.2, 0.25) is 5.91 Å². The smallest absolute Gasteiger partial charge is 0.245 e. The van der Waals surface area contributed by atoms with E-state index >= 15 is 0 Å². The second-order valence-corrected chi connectivity index (χ2v) is 4.54. The van der Waals surface area contributed by atoms with Crippen molar-refractivity contribution in [1.29, 1.82) is 0 Å². The van der Waals surface area contributed by atoms with E-state index in [4.69, 9.17) is 9.57 Å². The highest BCUT2D eigenvalue weighted by Gasteiger charge is 2.07. The molecule has 6 nitrogen and oxygen atoms in total. The first kappa shape index (κ1) is 15.7. The van der Waals surface area contributed by atoms with Gasteiger partial charge in [0.25, 0.3) is 0 Å². The van der Waals surface area contributed by atoms with Crippen LogP contribution in [-0.2, 0) is 14.4 Å². The Morgan fingerprint density at radius 3 is 2.47 bits per heavy atom. The van der Waals surface area contributed by atoms with Gasteiger partial charge in [-0.25, -0.2) is 5.06 Å². The van der Waals surface area contributed by atoms with E-state index < -0.39 is 11.7 Å². The van der Waals surface area contributed by atoms with Crippen LogP contribution in [-0.4, -0.2) is 43.4 Å². The minimum atomic E-state index is -0.593. The zero-order chi connectivity index (χ0) is 13.5. The van der Waals surface area contributed by atoms with Crippen LogP contribution in [0.25, 0.3) is 0 Å². The first-order valence-electron chi connectivity index (χ1n) is 5.47. The maximum Gasteiger partial charge on any atom is 0.245 e. The molecule has 0 radical (unpaired) electrons. The number of carbonyl (C=O) groups is 1. The van der Waals surface area contributed by atoms with Gasteiger partial charge >= 0.3 is 0 Å². The van der Waals surface area contributed by atoms with Gasteiger partial charge in [-0.1, -0.05) is 20.8 Å². The summed E-state index contributed by atoms with van der Waals surface area (Å²) in [6, 6.07) is 0. The van der Waals surface area contributed by atoms with Gasteiger partial charge in [0.15, 0.2) is 0 Å². The average Bonchev–Trinajstić information content (AvgIpc) is 2.20.